The van der Waals surface area contributed by atoms with Crippen LogP contribution in [0.4, 0.5) is 0 Å². The van der Waals surface area contributed by atoms with E-state index >= 15 is 0 Å². The van der Waals surface area contributed by atoms with Gasteiger partial charge in [0.05, 0.1) is 12.2 Å². The van der Waals surface area contributed by atoms with Gasteiger partial charge in [0.15, 0.2) is 4.70 Å². The van der Waals surface area contributed by atoms with Gasteiger partial charge >= 0.3 is 0 Å². The molecule has 4 rings (SSSR count). The Bertz CT molecular complexity index is 1110. The van der Waals surface area contributed by atoms with Crippen LogP contribution in [-0.4, -0.2) is 16.9 Å². The quantitative estimate of drug-likeness (QED) is 0.324. The van der Waals surface area contributed by atoms with Crippen molar-refractivity contribution in [3.8, 4) is 16.9 Å². The molecule has 0 aliphatic heterocycles. The molecule has 3 nitrogen and oxygen atoms in total. The molecular weight excluding hydrogens is 356 g/mol. The highest BCUT2D eigenvalue weighted by Gasteiger charge is 2.30. The van der Waals surface area contributed by atoms with Crippen molar-refractivity contribution in [2.75, 3.05) is 6.61 Å². The Morgan fingerprint density at radius 1 is 0.963 bits per heavy atom. The SMILES string of the molecule is CCOc1cccc(C(=O)c2c(-c3ccccc3)c3ccccc3[s+]2[O-])c1. The number of benzene rings is 3. The van der Waals surface area contributed by atoms with Crippen molar-refractivity contribution in [3.63, 3.8) is 0 Å². The largest absolute Gasteiger partial charge is 0.590 e. The Balaban J connectivity index is 1.95. The van der Waals surface area contributed by atoms with E-state index in [1.54, 1.807) is 18.2 Å². The number of rotatable bonds is 5. The second kappa shape index (κ2) is 7.35. The number of hydrogen-bond acceptors (Lipinski definition) is 3. The van der Waals surface area contributed by atoms with Crippen molar-refractivity contribution in [2.24, 2.45) is 0 Å². The van der Waals surface area contributed by atoms with Crippen molar-refractivity contribution in [2.45, 2.75) is 6.92 Å². The lowest BCUT2D eigenvalue weighted by molar-refractivity contribution is 0.104. The normalized spacial score (nSPS) is 11.6. The van der Waals surface area contributed by atoms with Crippen LogP contribution >= 0.6 is 10.8 Å². The molecule has 1 unspecified atom stereocenters. The Kier molecular flexibility index (Phi) is 4.75. The molecule has 3 aromatic carbocycles. The Labute approximate surface area is 160 Å². The summed E-state index contributed by atoms with van der Waals surface area (Å²) < 4.78 is 19.4. The van der Waals surface area contributed by atoms with Crippen LogP contribution in [-0.2, 0) is 0 Å². The maximum Gasteiger partial charge on any atom is 0.245 e. The van der Waals surface area contributed by atoms with Gasteiger partial charge < -0.3 is 9.29 Å². The molecule has 0 saturated heterocycles. The summed E-state index contributed by atoms with van der Waals surface area (Å²) in [4.78, 5) is 13.7. The van der Waals surface area contributed by atoms with E-state index in [0.717, 1.165) is 16.5 Å². The van der Waals surface area contributed by atoms with Crippen LogP contribution in [0.2, 0.25) is 0 Å². The summed E-state index contributed by atoms with van der Waals surface area (Å²) >= 11 is 0. The summed E-state index contributed by atoms with van der Waals surface area (Å²) in [5.74, 6) is 0.399. The lowest BCUT2D eigenvalue weighted by Gasteiger charge is -2.06. The van der Waals surface area contributed by atoms with E-state index in [1.165, 1.54) is 0 Å². The monoisotopic (exact) mass is 374 g/mol. The van der Waals surface area contributed by atoms with Crippen LogP contribution in [0.15, 0.2) is 78.9 Å². The maximum atomic E-state index is 13.4. The van der Waals surface area contributed by atoms with E-state index < -0.39 is 10.8 Å². The van der Waals surface area contributed by atoms with E-state index in [0.29, 0.717) is 27.5 Å². The van der Waals surface area contributed by atoms with Gasteiger partial charge in [-0.3, -0.25) is 4.79 Å². The minimum atomic E-state index is -1.52. The molecule has 4 aromatic rings. The van der Waals surface area contributed by atoms with E-state index in [9.17, 15) is 9.35 Å². The molecule has 0 bridgehead atoms. The first-order chi connectivity index (χ1) is 13.2. The fourth-order valence-electron chi connectivity index (χ4n) is 3.27. The van der Waals surface area contributed by atoms with Crippen LogP contribution in [0.3, 0.4) is 0 Å². The van der Waals surface area contributed by atoms with Gasteiger partial charge in [0.25, 0.3) is 0 Å². The van der Waals surface area contributed by atoms with Gasteiger partial charge in [-0.25, -0.2) is 0 Å². The minimum absolute atomic E-state index is 0.232. The molecule has 0 aliphatic carbocycles. The minimum Gasteiger partial charge on any atom is -0.590 e. The van der Waals surface area contributed by atoms with Crippen LogP contribution in [0.25, 0.3) is 21.2 Å². The van der Waals surface area contributed by atoms with Gasteiger partial charge in [0.2, 0.25) is 10.7 Å². The fraction of sp³-hybridized carbons (Fsp3) is 0.0870. The molecule has 0 amide bonds. The zero-order valence-electron chi connectivity index (χ0n) is 14.8. The number of ether oxygens (including phenoxy) is 1. The molecule has 0 aliphatic rings. The van der Waals surface area contributed by atoms with Gasteiger partial charge in [-0.05, 0) is 47.5 Å². The summed E-state index contributed by atoms with van der Waals surface area (Å²) in [6.45, 7) is 2.42. The predicted molar refractivity (Wildman–Crippen MR) is 109 cm³/mol. The van der Waals surface area contributed by atoms with Crippen molar-refractivity contribution in [1.29, 1.82) is 0 Å². The smallest absolute Gasteiger partial charge is 0.245 e. The molecular formula is C23H18O3S. The molecule has 27 heavy (non-hydrogen) atoms. The average molecular weight is 374 g/mol. The van der Waals surface area contributed by atoms with E-state index in [1.807, 2.05) is 67.6 Å². The van der Waals surface area contributed by atoms with E-state index in [4.69, 9.17) is 4.74 Å². The van der Waals surface area contributed by atoms with Crippen LogP contribution in [0, 0.1) is 0 Å². The van der Waals surface area contributed by atoms with Crippen LogP contribution in [0.5, 0.6) is 5.75 Å². The second-order valence-electron chi connectivity index (χ2n) is 6.13. The molecule has 134 valence electrons. The predicted octanol–water partition coefficient (Wildman–Crippen LogP) is 5.86. The Morgan fingerprint density at radius 2 is 1.70 bits per heavy atom. The number of thiophene rings is 1. The summed E-state index contributed by atoms with van der Waals surface area (Å²) in [5, 5.41) is 0.853. The Morgan fingerprint density at radius 3 is 2.48 bits per heavy atom. The Hall–Kier alpha value is -2.95. The lowest BCUT2D eigenvalue weighted by Crippen LogP contribution is -2.03. The molecule has 0 saturated carbocycles. The van der Waals surface area contributed by atoms with Gasteiger partial charge in [0, 0.05) is 10.9 Å². The maximum absolute atomic E-state index is 13.4. The first-order valence-electron chi connectivity index (χ1n) is 8.79. The molecule has 4 heteroatoms. The highest BCUT2D eigenvalue weighted by Crippen LogP contribution is 2.44. The third-order valence-corrected chi connectivity index (χ3v) is 5.96. The molecule has 0 N–H and O–H groups in total. The van der Waals surface area contributed by atoms with Crippen molar-refractivity contribution in [3.05, 3.63) is 89.3 Å². The van der Waals surface area contributed by atoms with Gasteiger partial charge in [-0.1, -0.05) is 54.6 Å². The molecule has 1 aromatic heterocycles. The third-order valence-electron chi connectivity index (χ3n) is 4.44. The van der Waals surface area contributed by atoms with E-state index in [2.05, 4.69) is 0 Å². The number of carbonyl (C=O) groups excluding carboxylic acids is 1. The molecule has 1 atom stereocenters. The van der Waals surface area contributed by atoms with Crippen LogP contribution < -0.4 is 4.74 Å². The number of fused-ring (bicyclic) bond motifs is 1. The zero-order chi connectivity index (χ0) is 18.8. The first kappa shape index (κ1) is 17.5. The van der Waals surface area contributed by atoms with Crippen molar-refractivity contribution < 1.29 is 14.1 Å². The zero-order valence-corrected chi connectivity index (χ0v) is 15.7. The standard InChI is InChI=1S/C23H18O3S/c1-2-26-18-12-8-11-17(15-18)22(24)23-21(16-9-4-3-5-10-16)19-13-6-7-14-20(19)27(23)25/h3-15H,2H2,1H3. The first-order valence-corrected chi connectivity index (χ1v) is 9.94. The topological polar surface area (TPSA) is 49.4 Å². The molecule has 0 radical (unpaired) electrons. The van der Waals surface area contributed by atoms with Gasteiger partial charge in [0.1, 0.15) is 5.75 Å². The van der Waals surface area contributed by atoms with Crippen molar-refractivity contribution >= 4 is 26.6 Å². The summed E-state index contributed by atoms with van der Waals surface area (Å²) in [6, 6.07) is 24.2. The van der Waals surface area contributed by atoms with E-state index in [-0.39, 0.29) is 5.78 Å². The summed E-state index contributed by atoms with van der Waals surface area (Å²) in [7, 11) is -1.52. The highest BCUT2D eigenvalue weighted by molar-refractivity contribution is 7.33. The highest BCUT2D eigenvalue weighted by atomic mass is 32.2. The lowest BCUT2D eigenvalue weighted by atomic mass is 9.98. The molecule has 0 spiro atoms. The average Bonchev–Trinajstić information content (AvgIpc) is 3.01. The van der Waals surface area contributed by atoms with Crippen LogP contribution in [0.1, 0.15) is 22.2 Å². The fourth-order valence-corrected chi connectivity index (χ4v) is 4.77. The number of carbonyl (C=O) groups is 1. The third kappa shape index (κ3) is 3.14. The summed E-state index contributed by atoms with van der Waals surface area (Å²) in [6.07, 6.45) is 0. The number of ketones is 1. The van der Waals surface area contributed by atoms with Gasteiger partial charge in [-0.15, -0.1) is 0 Å². The number of hydrogen-bond donors (Lipinski definition) is 0. The van der Waals surface area contributed by atoms with Gasteiger partial charge in [-0.2, -0.15) is 0 Å². The van der Waals surface area contributed by atoms with Crippen molar-refractivity contribution in [1.82, 2.24) is 0 Å². The molecule has 1 heterocycles. The summed E-state index contributed by atoms with van der Waals surface area (Å²) in [5.41, 5.74) is 2.11. The second-order valence-corrected chi connectivity index (χ2v) is 7.51. The molecule has 0 fully saturated rings.